The monoisotopic (exact) mass is 350 g/mol. The van der Waals surface area contributed by atoms with Gasteiger partial charge in [-0.25, -0.2) is 8.78 Å². The van der Waals surface area contributed by atoms with Gasteiger partial charge < -0.3 is 10.2 Å². The zero-order valence-electron chi connectivity index (χ0n) is 13.5. The predicted molar refractivity (Wildman–Crippen MR) is 92.9 cm³/mol. The van der Waals surface area contributed by atoms with Crippen molar-refractivity contribution in [1.82, 2.24) is 10.2 Å². The lowest BCUT2D eigenvalue weighted by Gasteiger charge is -2.17. The molecule has 2 aromatic carbocycles. The fourth-order valence-corrected chi connectivity index (χ4v) is 2.88. The predicted octanol–water partition coefficient (Wildman–Crippen LogP) is 3.31. The fourth-order valence-electron chi connectivity index (χ4n) is 2.13. The van der Waals surface area contributed by atoms with Crippen molar-refractivity contribution in [2.24, 2.45) is 0 Å². The molecule has 0 aliphatic carbocycles. The highest BCUT2D eigenvalue weighted by atomic mass is 32.2. The SMILES string of the molecule is CN(CCNC(=O)CSc1ccc(F)c(F)c1)Cc1ccccc1. The van der Waals surface area contributed by atoms with E-state index in [1.807, 2.05) is 25.2 Å². The molecule has 2 rings (SSSR count). The topological polar surface area (TPSA) is 32.3 Å². The summed E-state index contributed by atoms with van der Waals surface area (Å²) in [6, 6.07) is 13.7. The first-order valence-corrected chi connectivity index (χ1v) is 8.60. The number of amides is 1. The van der Waals surface area contributed by atoms with Crippen molar-refractivity contribution in [1.29, 1.82) is 0 Å². The Morgan fingerprint density at radius 3 is 2.58 bits per heavy atom. The zero-order valence-corrected chi connectivity index (χ0v) is 14.3. The Bertz CT molecular complexity index is 667. The molecule has 0 bridgehead atoms. The molecule has 0 heterocycles. The molecular formula is C18H20F2N2OS. The lowest BCUT2D eigenvalue weighted by Crippen LogP contribution is -2.33. The molecule has 0 radical (unpaired) electrons. The van der Waals surface area contributed by atoms with Crippen LogP contribution in [-0.2, 0) is 11.3 Å². The molecule has 1 N–H and O–H groups in total. The van der Waals surface area contributed by atoms with E-state index in [1.54, 1.807) is 0 Å². The highest BCUT2D eigenvalue weighted by Gasteiger charge is 2.07. The summed E-state index contributed by atoms with van der Waals surface area (Å²) in [6.45, 7) is 2.09. The van der Waals surface area contributed by atoms with Crippen LogP contribution in [-0.4, -0.2) is 36.7 Å². The van der Waals surface area contributed by atoms with Crippen LogP contribution in [0.1, 0.15) is 5.56 Å². The Hall–Kier alpha value is -1.92. The summed E-state index contributed by atoms with van der Waals surface area (Å²) in [7, 11) is 2.00. The minimum Gasteiger partial charge on any atom is -0.354 e. The second-order valence-corrected chi connectivity index (χ2v) is 6.49. The Morgan fingerprint density at radius 2 is 1.88 bits per heavy atom. The minimum atomic E-state index is -0.900. The minimum absolute atomic E-state index is 0.127. The van der Waals surface area contributed by atoms with Gasteiger partial charge in [-0.05, 0) is 30.8 Å². The van der Waals surface area contributed by atoms with Crippen LogP contribution in [0, 0.1) is 11.6 Å². The van der Waals surface area contributed by atoms with E-state index in [2.05, 4.69) is 22.3 Å². The molecule has 0 aromatic heterocycles. The van der Waals surface area contributed by atoms with Crippen molar-refractivity contribution in [2.45, 2.75) is 11.4 Å². The summed E-state index contributed by atoms with van der Waals surface area (Å²) in [4.78, 5) is 14.4. The average Bonchev–Trinajstić information content (AvgIpc) is 2.57. The maximum atomic E-state index is 13.1. The molecule has 0 spiro atoms. The smallest absolute Gasteiger partial charge is 0.230 e. The Balaban J connectivity index is 1.65. The molecule has 6 heteroatoms. The highest BCUT2D eigenvalue weighted by molar-refractivity contribution is 8.00. The van der Waals surface area contributed by atoms with E-state index < -0.39 is 11.6 Å². The number of hydrogen-bond acceptors (Lipinski definition) is 3. The lowest BCUT2D eigenvalue weighted by atomic mass is 10.2. The molecule has 0 unspecified atom stereocenters. The van der Waals surface area contributed by atoms with Crippen LogP contribution in [0.3, 0.4) is 0 Å². The van der Waals surface area contributed by atoms with Gasteiger partial charge in [0, 0.05) is 24.5 Å². The van der Waals surface area contributed by atoms with Crippen molar-refractivity contribution in [3.63, 3.8) is 0 Å². The van der Waals surface area contributed by atoms with Crippen LogP contribution in [0.15, 0.2) is 53.4 Å². The maximum Gasteiger partial charge on any atom is 0.230 e. The third kappa shape index (κ3) is 6.29. The van der Waals surface area contributed by atoms with Crippen molar-refractivity contribution in [3.8, 4) is 0 Å². The van der Waals surface area contributed by atoms with Crippen molar-refractivity contribution >= 4 is 17.7 Å². The first-order chi connectivity index (χ1) is 11.5. The average molecular weight is 350 g/mol. The van der Waals surface area contributed by atoms with Gasteiger partial charge in [0.1, 0.15) is 0 Å². The van der Waals surface area contributed by atoms with Crippen molar-refractivity contribution < 1.29 is 13.6 Å². The van der Waals surface area contributed by atoms with E-state index in [0.29, 0.717) is 11.4 Å². The van der Waals surface area contributed by atoms with Gasteiger partial charge in [0.05, 0.1) is 5.75 Å². The van der Waals surface area contributed by atoms with Gasteiger partial charge in [-0.2, -0.15) is 0 Å². The normalized spacial score (nSPS) is 10.8. The first kappa shape index (κ1) is 18.4. The summed E-state index contributed by atoms with van der Waals surface area (Å²) in [6.07, 6.45) is 0. The third-order valence-electron chi connectivity index (χ3n) is 3.37. The zero-order chi connectivity index (χ0) is 17.4. The largest absolute Gasteiger partial charge is 0.354 e. The number of nitrogens with one attached hydrogen (secondary N) is 1. The molecular weight excluding hydrogens is 330 g/mol. The van der Waals surface area contributed by atoms with Crippen LogP contribution in [0.25, 0.3) is 0 Å². The Morgan fingerprint density at radius 1 is 1.12 bits per heavy atom. The van der Waals surface area contributed by atoms with E-state index >= 15 is 0 Å². The third-order valence-corrected chi connectivity index (χ3v) is 4.37. The summed E-state index contributed by atoms with van der Waals surface area (Å²) in [5, 5.41) is 2.83. The summed E-state index contributed by atoms with van der Waals surface area (Å²) in [5.74, 6) is -1.74. The molecule has 2 aromatic rings. The first-order valence-electron chi connectivity index (χ1n) is 7.61. The quantitative estimate of drug-likeness (QED) is 0.742. The highest BCUT2D eigenvalue weighted by Crippen LogP contribution is 2.19. The molecule has 0 saturated carbocycles. The van der Waals surface area contributed by atoms with Crippen LogP contribution >= 0.6 is 11.8 Å². The van der Waals surface area contributed by atoms with Gasteiger partial charge in [-0.3, -0.25) is 4.79 Å². The number of benzene rings is 2. The van der Waals surface area contributed by atoms with Crippen molar-refractivity contribution in [2.75, 3.05) is 25.9 Å². The molecule has 1 amide bonds. The van der Waals surface area contributed by atoms with E-state index in [4.69, 9.17) is 0 Å². The molecule has 3 nitrogen and oxygen atoms in total. The second kappa shape index (κ2) is 9.39. The summed E-state index contributed by atoms with van der Waals surface area (Å²) >= 11 is 1.18. The lowest BCUT2D eigenvalue weighted by molar-refractivity contribution is -0.118. The standard InChI is InChI=1S/C18H20F2N2OS/c1-22(12-14-5-3-2-4-6-14)10-9-21-18(23)13-24-15-7-8-16(19)17(20)11-15/h2-8,11H,9-10,12-13H2,1H3,(H,21,23). The fraction of sp³-hybridized carbons (Fsp3) is 0.278. The van der Waals surface area contributed by atoms with Gasteiger partial charge in [0.15, 0.2) is 11.6 Å². The van der Waals surface area contributed by atoms with Gasteiger partial charge in [-0.15, -0.1) is 11.8 Å². The van der Waals surface area contributed by atoms with E-state index in [9.17, 15) is 13.6 Å². The van der Waals surface area contributed by atoms with Crippen LogP contribution in [0.2, 0.25) is 0 Å². The number of hydrogen-bond donors (Lipinski definition) is 1. The van der Waals surface area contributed by atoms with Crippen LogP contribution in [0.5, 0.6) is 0 Å². The Labute approximate surface area is 145 Å². The van der Waals surface area contributed by atoms with Gasteiger partial charge >= 0.3 is 0 Å². The molecule has 0 atom stereocenters. The molecule has 0 aliphatic heterocycles. The molecule has 128 valence electrons. The number of nitrogens with zero attached hydrogens (tertiary/aromatic N) is 1. The number of halogens is 2. The van der Waals surface area contributed by atoms with Gasteiger partial charge in [0.25, 0.3) is 0 Å². The number of carbonyl (C=O) groups excluding carboxylic acids is 1. The Kier molecular flexibility index (Phi) is 7.21. The van der Waals surface area contributed by atoms with Crippen LogP contribution < -0.4 is 5.32 Å². The van der Waals surface area contributed by atoms with E-state index in [-0.39, 0.29) is 11.7 Å². The maximum absolute atomic E-state index is 13.1. The summed E-state index contributed by atoms with van der Waals surface area (Å²) < 4.78 is 25.9. The van der Waals surface area contributed by atoms with E-state index in [0.717, 1.165) is 25.2 Å². The molecule has 24 heavy (non-hydrogen) atoms. The number of likely N-dealkylation sites (N-methyl/N-ethyl adjacent to an activating group) is 1. The summed E-state index contributed by atoms with van der Waals surface area (Å²) in [5.41, 5.74) is 1.22. The molecule has 0 fully saturated rings. The second-order valence-electron chi connectivity index (χ2n) is 5.44. The number of thioether (sulfide) groups is 1. The molecule has 0 saturated heterocycles. The van der Waals surface area contributed by atoms with Crippen LogP contribution in [0.4, 0.5) is 8.78 Å². The molecule has 0 aliphatic rings. The number of carbonyl (C=O) groups is 1. The number of rotatable bonds is 8. The van der Waals surface area contributed by atoms with Gasteiger partial charge in [0.2, 0.25) is 5.91 Å². The van der Waals surface area contributed by atoms with Gasteiger partial charge in [-0.1, -0.05) is 30.3 Å². The van der Waals surface area contributed by atoms with E-state index in [1.165, 1.54) is 23.4 Å². The van der Waals surface area contributed by atoms with Crippen molar-refractivity contribution in [3.05, 3.63) is 65.7 Å².